The fraction of sp³-hybridized carbons (Fsp3) is 0.385. The number of nitrogens with zero attached hydrogens (tertiary/aromatic N) is 1. The Kier molecular flexibility index (Phi) is 5.86. The molecule has 0 spiro atoms. The first-order chi connectivity index (χ1) is 8.58. The maximum atomic E-state index is 8.97. The Labute approximate surface area is 112 Å². The third-order valence-corrected chi connectivity index (χ3v) is 3.07. The van der Waals surface area contributed by atoms with Crippen molar-refractivity contribution in [1.29, 1.82) is 10.7 Å². The minimum atomic E-state index is -0.542. The second-order valence-electron chi connectivity index (χ2n) is 3.74. The molecular weight excluding hydrogens is 246 g/mol. The van der Waals surface area contributed by atoms with E-state index in [0.29, 0.717) is 11.7 Å². The Balaban J connectivity index is 2.79. The van der Waals surface area contributed by atoms with Crippen LogP contribution >= 0.6 is 11.8 Å². The Bertz CT molecular complexity index is 437. The molecule has 0 aliphatic carbocycles. The van der Waals surface area contributed by atoms with E-state index in [1.165, 1.54) is 11.8 Å². The molecule has 0 saturated heterocycles. The van der Waals surface area contributed by atoms with Gasteiger partial charge in [-0.25, -0.2) is 0 Å². The second kappa shape index (κ2) is 7.17. The number of benzene rings is 1. The minimum absolute atomic E-state index is 0.104. The summed E-state index contributed by atoms with van der Waals surface area (Å²) in [5, 5.41) is 17.1. The Morgan fingerprint density at radius 1 is 1.50 bits per heavy atom. The number of nitriles is 1. The summed E-state index contributed by atoms with van der Waals surface area (Å²) in [6.07, 6.45) is -0.542. The molecule has 1 aromatic rings. The lowest BCUT2D eigenvalue weighted by atomic mass is 10.1. The van der Waals surface area contributed by atoms with Gasteiger partial charge in [-0.3, -0.25) is 5.41 Å². The first-order valence-electron chi connectivity index (χ1n) is 5.70. The average Bonchev–Trinajstić information content (AvgIpc) is 2.35. The molecule has 0 aliphatic heterocycles. The first kappa shape index (κ1) is 14.7. The summed E-state index contributed by atoms with van der Waals surface area (Å²) in [7, 11) is 0. The molecule has 0 aromatic heterocycles. The lowest BCUT2D eigenvalue weighted by Gasteiger charge is -2.11. The van der Waals surface area contributed by atoms with Crippen LogP contribution in [0.15, 0.2) is 24.3 Å². The second-order valence-corrected chi connectivity index (χ2v) is 5.13. The van der Waals surface area contributed by atoms with E-state index in [-0.39, 0.29) is 5.37 Å². The first-order valence-corrected chi connectivity index (χ1v) is 6.58. The quantitative estimate of drug-likeness (QED) is 0.486. The zero-order valence-corrected chi connectivity index (χ0v) is 11.3. The molecule has 2 atom stereocenters. The maximum Gasteiger partial charge on any atom is 0.169 e. The molecule has 0 amide bonds. The van der Waals surface area contributed by atoms with Crippen molar-refractivity contribution in [2.24, 2.45) is 5.73 Å². The Hall–Kier alpha value is -1.35. The van der Waals surface area contributed by atoms with Crippen LogP contribution in [0.1, 0.15) is 31.1 Å². The Morgan fingerprint density at radius 2 is 2.11 bits per heavy atom. The van der Waals surface area contributed by atoms with Crippen LogP contribution < -0.4 is 5.73 Å². The fourth-order valence-electron chi connectivity index (χ4n) is 1.44. The van der Waals surface area contributed by atoms with E-state index in [0.717, 1.165) is 11.1 Å². The zero-order valence-electron chi connectivity index (χ0n) is 10.5. The summed E-state index contributed by atoms with van der Waals surface area (Å²) < 4.78 is 5.30. The highest BCUT2D eigenvalue weighted by molar-refractivity contribution is 8.14. The molecular formula is C13H17N3OS. The van der Waals surface area contributed by atoms with E-state index in [1.54, 1.807) is 0 Å². The molecule has 5 heteroatoms. The summed E-state index contributed by atoms with van der Waals surface area (Å²) in [6.45, 7) is 4.19. The van der Waals surface area contributed by atoms with Crippen molar-refractivity contribution in [3.8, 4) is 6.07 Å². The van der Waals surface area contributed by atoms with Crippen LogP contribution in [0.5, 0.6) is 0 Å². The molecule has 3 N–H and O–H groups in total. The summed E-state index contributed by atoms with van der Waals surface area (Å²) in [5.41, 5.74) is 7.24. The third kappa shape index (κ3) is 4.15. The molecule has 0 bridgehead atoms. The normalized spacial score (nSPS) is 13.7. The number of hydrogen-bond acceptors (Lipinski definition) is 5. The Morgan fingerprint density at radius 3 is 2.56 bits per heavy atom. The van der Waals surface area contributed by atoms with Crippen LogP contribution in [0.2, 0.25) is 0 Å². The number of thioether (sulfide) groups is 1. The average molecular weight is 263 g/mol. The van der Waals surface area contributed by atoms with E-state index < -0.39 is 6.10 Å². The van der Waals surface area contributed by atoms with Crippen molar-refractivity contribution in [1.82, 2.24) is 0 Å². The van der Waals surface area contributed by atoms with Gasteiger partial charge >= 0.3 is 0 Å². The van der Waals surface area contributed by atoms with E-state index in [4.69, 9.17) is 21.1 Å². The SMILES string of the molecule is CCOC(C#N)c1ccc(C(=N)SC(C)N)cc1. The van der Waals surface area contributed by atoms with Gasteiger partial charge in [-0.1, -0.05) is 36.0 Å². The maximum absolute atomic E-state index is 8.97. The van der Waals surface area contributed by atoms with Gasteiger partial charge in [0.1, 0.15) is 0 Å². The number of ether oxygens (including phenoxy) is 1. The number of rotatable bonds is 5. The minimum Gasteiger partial charge on any atom is -0.359 e. The molecule has 0 radical (unpaired) electrons. The molecule has 1 aromatic carbocycles. The van der Waals surface area contributed by atoms with Crippen LogP contribution in [-0.4, -0.2) is 17.0 Å². The van der Waals surface area contributed by atoms with Crippen molar-refractivity contribution in [3.63, 3.8) is 0 Å². The summed E-state index contributed by atoms with van der Waals surface area (Å²) in [6, 6.07) is 9.36. The molecule has 0 aliphatic rings. The van der Waals surface area contributed by atoms with Crippen molar-refractivity contribution in [2.75, 3.05) is 6.61 Å². The lowest BCUT2D eigenvalue weighted by Crippen LogP contribution is -2.13. The third-order valence-electron chi connectivity index (χ3n) is 2.23. The van der Waals surface area contributed by atoms with Gasteiger partial charge in [-0.05, 0) is 19.4 Å². The number of hydrogen-bond donors (Lipinski definition) is 2. The van der Waals surface area contributed by atoms with Crippen molar-refractivity contribution in [2.45, 2.75) is 25.3 Å². The topological polar surface area (TPSA) is 82.9 Å². The lowest BCUT2D eigenvalue weighted by molar-refractivity contribution is 0.102. The van der Waals surface area contributed by atoms with Gasteiger partial charge in [0, 0.05) is 12.2 Å². The van der Waals surface area contributed by atoms with Crippen LogP contribution in [0.3, 0.4) is 0 Å². The fourth-order valence-corrected chi connectivity index (χ4v) is 2.08. The van der Waals surface area contributed by atoms with Gasteiger partial charge in [0.25, 0.3) is 0 Å². The molecule has 1 rings (SSSR count). The van der Waals surface area contributed by atoms with Gasteiger partial charge in [0.15, 0.2) is 6.10 Å². The van der Waals surface area contributed by atoms with Crippen molar-refractivity contribution in [3.05, 3.63) is 35.4 Å². The molecule has 96 valence electrons. The van der Waals surface area contributed by atoms with Crippen LogP contribution in [0.25, 0.3) is 0 Å². The van der Waals surface area contributed by atoms with Gasteiger partial charge in [-0.15, -0.1) is 0 Å². The van der Waals surface area contributed by atoms with Gasteiger partial charge in [0.05, 0.1) is 16.5 Å². The molecule has 18 heavy (non-hydrogen) atoms. The monoisotopic (exact) mass is 263 g/mol. The highest BCUT2D eigenvalue weighted by atomic mass is 32.2. The molecule has 0 fully saturated rings. The predicted octanol–water partition coefficient (Wildman–Crippen LogP) is 2.65. The summed E-state index contributed by atoms with van der Waals surface area (Å²) in [5.74, 6) is 0. The summed E-state index contributed by atoms with van der Waals surface area (Å²) >= 11 is 1.30. The van der Waals surface area contributed by atoms with Gasteiger partial charge in [-0.2, -0.15) is 5.26 Å². The molecule has 4 nitrogen and oxygen atoms in total. The number of nitrogens with two attached hydrogens (primary N) is 1. The van der Waals surface area contributed by atoms with Crippen LogP contribution in [0.4, 0.5) is 0 Å². The van der Waals surface area contributed by atoms with E-state index in [9.17, 15) is 0 Å². The van der Waals surface area contributed by atoms with E-state index >= 15 is 0 Å². The van der Waals surface area contributed by atoms with E-state index in [2.05, 4.69) is 6.07 Å². The molecule has 0 heterocycles. The van der Waals surface area contributed by atoms with Crippen LogP contribution in [-0.2, 0) is 4.74 Å². The highest BCUT2D eigenvalue weighted by Crippen LogP contribution is 2.20. The summed E-state index contributed by atoms with van der Waals surface area (Å²) in [4.78, 5) is 0. The largest absolute Gasteiger partial charge is 0.359 e. The molecule has 0 saturated carbocycles. The highest BCUT2D eigenvalue weighted by Gasteiger charge is 2.11. The van der Waals surface area contributed by atoms with Crippen molar-refractivity contribution >= 4 is 16.8 Å². The zero-order chi connectivity index (χ0) is 13.5. The van der Waals surface area contributed by atoms with Crippen LogP contribution in [0, 0.1) is 16.7 Å². The predicted molar refractivity (Wildman–Crippen MR) is 74.5 cm³/mol. The van der Waals surface area contributed by atoms with E-state index in [1.807, 2.05) is 38.1 Å². The standard InChI is InChI=1S/C13H17N3OS/c1-3-17-12(8-14)10-4-6-11(7-5-10)13(16)18-9(2)15/h4-7,9,12,16H,3,15H2,1-2H3. The molecule has 2 unspecified atom stereocenters. The number of nitrogens with one attached hydrogen (secondary N) is 1. The van der Waals surface area contributed by atoms with Gasteiger partial charge in [0.2, 0.25) is 0 Å². The van der Waals surface area contributed by atoms with Crippen molar-refractivity contribution < 1.29 is 4.74 Å². The van der Waals surface area contributed by atoms with Gasteiger partial charge < -0.3 is 10.5 Å². The smallest absolute Gasteiger partial charge is 0.169 e.